The number of carbonyl (C=O) groups is 2. The van der Waals surface area contributed by atoms with Crippen molar-refractivity contribution in [2.24, 2.45) is 0 Å². The number of aromatic hydroxyl groups is 3. The average molecular weight is 366 g/mol. The van der Waals surface area contributed by atoms with Crippen molar-refractivity contribution in [3.05, 3.63) is 53.6 Å². The molecule has 0 fully saturated rings. The Morgan fingerprint density at radius 3 is 1.85 bits per heavy atom. The van der Waals surface area contributed by atoms with E-state index >= 15 is 0 Å². The van der Waals surface area contributed by atoms with Crippen LogP contribution >= 0.6 is 0 Å². The van der Waals surface area contributed by atoms with Gasteiger partial charge in [0.25, 0.3) is 0 Å². The molecule has 0 heterocycles. The van der Waals surface area contributed by atoms with Crippen molar-refractivity contribution < 1.29 is 45.3 Å². The molecule has 0 spiro atoms. The number of hydrogen-bond donors (Lipinski definition) is 7. The predicted molar refractivity (Wildman–Crippen MR) is 87.8 cm³/mol. The van der Waals surface area contributed by atoms with Crippen LogP contribution in [0.15, 0.2) is 42.5 Å². The van der Waals surface area contributed by atoms with E-state index in [0.717, 1.165) is 12.1 Å². The Hall–Kier alpha value is -3.30. The molecular weight excluding hydrogens is 348 g/mol. The number of benzene rings is 2. The van der Waals surface area contributed by atoms with E-state index in [1.807, 2.05) is 0 Å². The summed E-state index contributed by atoms with van der Waals surface area (Å²) in [6, 6.07) is 9.36. The van der Waals surface area contributed by atoms with Crippen LogP contribution in [0, 0.1) is 0 Å². The Morgan fingerprint density at radius 2 is 1.38 bits per heavy atom. The van der Waals surface area contributed by atoms with Gasteiger partial charge in [-0.15, -0.1) is 0 Å². The van der Waals surface area contributed by atoms with Crippen LogP contribution in [0.4, 0.5) is 0 Å². The molecule has 0 aliphatic rings. The molecule has 7 N–H and O–H groups in total. The van der Waals surface area contributed by atoms with Gasteiger partial charge in [0.2, 0.25) is 0 Å². The Kier molecular flexibility index (Phi) is 7.38. The molecule has 0 radical (unpaired) electrons. The van der Waals surface area contributed by atoms with Gasteiger partial charge < -0.3 is 35.7 Å². The highest BCUT2D eigenvalue weighted by Gasteiger charge is 2.16. The lowest BCUT2D eigenvalue weighted by molar-refractivity contribution is -0.147. The molecule has 0 saturated heterocycles. The quantitative estimate of drug-likeness (QED) is 0.373. The molecule has 0 aromatic heterocycles. The number of rotatable bonds is 5. The fourth-order valence-electron chi connectivity index (χ4n) is 1.80. The fourth-order valence-corrected chi connectivity index (χ4v) is 1.80. The Labute approximate surface area is 147 Å². The maximum atomic E-state index is 10.3. The zero-order valence-corrected chi connectivity index (χ0v) is 13.4. The van der Waals surface area contributed by atoms with Gasteiger partial charge >= 0.3 is 11.9 Å². The summed E-state index contributed by atoms with van der Waals surface area (Å²) >= 11 is 0. The second kappa shape index (κ2) is 9.25. The number of phenolic OH excluding ortho intramolecular Hbond substituents is 3. The molecular formula is C17H18O9. The minimum atomic E-state index is -1.69. The molecule has 2 aromatic rings. The molecule has 2 atom stereocenters. The monoisotopic (exact) mass is 366 g/mol. The topological polar surface area (TPSA) is 176 Å². The van der Waals surface area contributed by atoms with E-state index in [4.69, 9.17) is 35.7 Å². The molecule has 0 aliphatic carbocycles. The van der Waals surface area contributed by atoms with Gasteiger partial charge in [0.15, 0.2) is 23.7 Å². The third-order valence-corrected chi connectivity index (χ3v) is 3.20. The van der Waals surface area contributed by atoms with Crippen LogP contribution in [0.3, 0.4) is 0 Å². The van der Waals surface area contributed by atoms with Gasteiger partial charge in [0.1, 0.15) is 5.75 Å². The van der Waals surface area contributed by atoms with Gasteiger partial charge in [-0.25, -0.2) is 9.59 Å². The summed E-state index contributed by atoms with van der Waals surface area (Å²) in [7, 11) is 0. The largest absolute Gasteiger partial charge is 0.508 e. The zero-order valence-electron chi connectivity index (χ0n) is 13.4. The first-order valence-corrected chi connectivity index (χ1v) is 7.23. The molecule has 26 heavy (non-hydrogen) atoms. The Balaban J connectivity index is 0.000000260. The maximum Gasteiger partial charge on any atom is 0.337 e. The normalized spacial score (nSPS) is 12.4. The van der Waals surface area contributed by atoms with E-state index in [9.17, 15) is 9.59 Å². The molecule has 9 nitrogen and oxygen atoms in total. The van der Waals surface area contributed by atoms with E-state index in [2.05, 4.69) is 0 Å². The van der Waals surface area contributed by atoms with E-state index in [1.165, 1.54) is 18.2 Å². The molecule has 0 aliphatic heterocycles. The van der Waals surface area contributed by atoms with Crippen molar-refractivity contribution in [3.8, 4) is 17.2 Å². The van der Waals surface area contributed by atoms with Crippen LogP contribution in [-0.4, -0.2) is 53.8 Å². The number of aliphatic hydroxyl groups is 2. The van der Waals surface area contributed by atoms with Gasteiger partial charge in [0, 0.05) is 6.42 Å². The lowest BCUT2D eigenvalue weighted by Crippen LogP contribution is -2.21. The number of aliphatic hydroxyl groups excluding tert-OH is 2. The van der Waals surface area contributed by atoms with E-state index in [1.54, 1.807) is 12.1 Å². The molecule has 0 bridgehead atoms. The fraction of sp³-hybridized carbons (Fsp3) is 0.176. The van der Waals surface area contributed by atoms with Crippen molar-refractivity contribution >= 4 is 11.9 Å². The van der Waals surface area contributed by atoms with E-state index in [-0.39, 0.29) is 23.5 Å². The maximum absolute atomic E-state index is 10.3. The van der Waals surface area contributed by atoms with Crippen molar-refractivity contribution in [1.29, 1.82) is 0 Å². The third-order valence-electron chi connectivity index (χ3n) is 3.20. The number of phenols is 3. The first-order valence-electron chi connectivity index (χ1n) is 7.23. The highest BCUT2D eigenvalue weighted by molar-refractivity contribution is 5.74. The molecule has 2 unspecified atom stereocenters. The second-order valence-corrected chi connectivity index (χ2v) is 5.21. The molecule has 0 saturated carbocycles. The summed E-state index contributed by atoms with van der Waals surface area (Å²) in [6.07, 6.45) is -3.02. The zero-order chi connectivity index (χ0) is 19.9. The minimum Gasteiger partial charge on any atom is -0.508 e. The standard InChI is InChI=1S/C9H10O4.C8H8O5/c10-7-3-1-6(2-4-7)5-8(11)9(12)13;9-5-2-1-4(3-6(5)10)7(11)8(12)13/h1-4,8,10-11H,5H2,(H,12,13);1-3,7,9-11H,(H,12,13). The molecule has 0 amide bonds. The third kappa shape index (κ3) is 6.30. The van der Waals surface area contributed by atoms with Crippen LogP contribution in [0.2, 0.25) is 0 Å². The van der Waals surface area contributed by atoms with Crippen LogP contribution in [-0.2, 0) is 16.0 Å². The number of aliphatic carboxylic acids is 2. The predicted octanol–water partition coefficient (Wildman–Crippen LogP) is 0.596. The first kappa shape index (κ1) is 20.7. The average Bonchev–Trinajstić information content (AvgIpc) is 2.59. The van der Waals surface area contributed by atoms with Crippen molar-refractivity contribution in [2.75, 3.05) is 0 Å². The summed E-state index contributed by atoms with van der Waals surface area (Å²) in [5.41, 5.74) is 0.690. The van der Waals surface area contributed by atoms with E-state index in [0.29, 0.717) is 5.56 Å². The van der Waals surface area contributed by atoms with Crippen LogP contribution < -0.4 is 0 Å². The summed E-state index contributed by atoms with van der Waals surface area (Å²) in [6.45, 7) is 0. The van der Waals surface area contributed by atoms with Crippen molar-refractivity contribution in [1.82, 2.24) is 0 Å². The molecule has 2 rings (SSSR count). The van der Waals surface area contributed by atoms with Gasteiger partial charge in [-0.3, -0.25) is 0 Å². The molecule has 2 aromatic carbocycles. The van der Waals surface area contributed by atoms with Gasteiger partial charge in [0.05, 0.1) is 0 Å². The summed E-state index contributed by atoms with van der Waals surface area (Å²) in [5, 5.41) is 61.6. The van der Waals surface area contributed by atoms with Crippen molar-refractivity contribution in [3.63, 3.8) is 0 Å². The number of carboxylic acid groups (broad SMARTS) is 2. The first-order chi connectivity index (χ1) is 12.1. The number of hydrogen-bond acceptors (Lipinski definition) is 7. The van der Waals surface area contributed by atoms with Crippen LogP contribution in [0.1, 0.15) is 17.2 Å². The SMILES string of the molecule is O=C(O)C(O)Cc1ccc(O)cc1.O=C(O)C(O)c1ccc(O)c(O)c1. The summed E-state index contributed by atoms with van der Waals surface area (Å²) in [4.78, 5) is 20.6. The van der Waals surface area contributed by atoms with Crippen LogP contribution in [0.5, 0.6) is 17.2 Å². The highest BCUT2D eigenvalue weighted by atomic mass is 16.4. The lowest BCUT2D eigenvalue weighted by Gasteiger charge is -2.06. The molecule has 9 heteroatoms. The molecule has 140 valence electrons. The van der Waals surface area contributed by atoms with Crippen LogP contribution in [0.25, 0.3) is 0 Å². The van der Waals surface area contributed by atoms with Gasteiger partial charge in [-0.2, -0.15) is 0 Å². The summed E-state index contributed by atoms with van der Waals surface area (Å²) < 4.78 is 0. The number of carboxylic acids is 2. The second-order valence-electron chi connectivity index (χ2n) is 5.21. The summed E-state index contributed by atoms with van der Waals surface area (Å²) in [5.74, 6) is -3.36. The van der Waals surface area contributed by atoms with Gasteiger partial charge in [-0.05, 0) is 35.4 Å². The Morgan fingerprint density at radius 1 is 0.808 bits per heavy atom. The highest BCUT2D eigenvalue weighted by Crippen LogP contribution is 2.27. The van der Waals surface area contributed by atoms with Gasteiger partial charge in [-0.1, -0.05) is 18.2 Å². The lowest BCUT2D eigenvalue weighted by atomic mass is 10.1. The van der Waals surface area contributed by atoms with Crippen molar-refractivity contribution in [2.45, 2.75) is 18.6 Å². The van der Waals surface area contributed by atoms with E-state index < -0.39 is 29.9 Å². The smallest absolute Gasteiger partial charge is 0.337 e. The Bertz CT molecular complexity index is 755. The minimum absolute atomic E-state index is 0.0165.